The van der Waals surface area contributed by atoms with Crippen molar-refractivity contribution in [3.63, 3.8) is 0 Å². The molecular formula is C20H19F3N2O4. The number of carbonyl (C=O) groups excluding carboxylic acids is 2. The Bertz CT molecular complexity index is 885. The van der Waals surface area contributed by atoms with Crippen LogP contribution in [0.15, 0.2) is 42.5 Å². The van der Waals surface area contributed by atoms with Crippen LogP contribution >= 0.6 is 0 Å². The molecule has 0 atom stereocenters. The van der Waals surface area contributed by atoms with Gasteiger partial charge in [0.05, 0.1) is 5.56 Å². The molecule has 0 unspecified atom stereocenters. The highest BCUT2D eigenvalue weighted by molar-refractivity contribution is 5.95. The summed E-state index contributed by atoms with van der Waals surface area (Å²) in [5.74, 6) is -1.25. The van der Waals surface area contributed by atoms with Gasteiger partial charge >= 0.3 is 6.18 Å². The highest BCUT2D eigenvalue weighted by Gasteiger charge is 2.30. The van der Waals surface area contributed by atoms with Crippen molar-refractivity contribution in [2.24, 2.45) is 0 Å². The molecule has 0 aliphatic carbocycles. The van der Waals surface area contributed by atoms with Crippen LogP contribution in [0.3, 0.4) is 0 Å². The standard InChI is InChI=1S/C20H19F3N2O4/c21-20(22,23)14-3-1-12(2-4-14)18(28)24-15-5-7-25(8-6-15)19(29)13-9-16(26)11-17(27)10-13/h1-4,9-11,15,26-27H,5-8H2,(H,24,28). The van der Waals surface area contributed by atoms with Crippen molar-refractivity contribution in [2.75, 3.05) is 13.1 Å². The number of hydrogen-bond donors (Lipinski definition) is 3. The van der Waals surface area contributed by atoms with Gasteiger partial charge in [-0.3, -0.25) is 9.59 Å². The summed E-state index contributed by atoms with van der Waals surface area (Å²) < 4.78 is 37.8. The summed E-state index contributed by atoms with van der Waals surface area (Å²) in [6.45, 7) is 0.709. The van der Waals surface area contributed by atoms with Crippen LogP contribution in [-0.4, -0.2) is 46.1 Å². The molecule has 0 aromatic heterocycles. The van der Waals surface area contributed by atoms with Gasteiger partial charge < -0.3 is 20.4 Å². The molecule has 0 radical (unpaired) electrons. The number of phenolic OH excluding ortho intramolecular Hbond substituents is 2. The topological polar surface area (TPSA) is 89.9 Å². The Kier molecular flexibility index (Phi) is 5.67. The molecule has 1 fully saturated rings. The van der Waals surface area contributed by atoms with Crippen LogP contribution in [0.4, 0.5) is 13.2 Å². The van der Waals surface area contributed by atoms with Gasteiger partial charge in [0.15, 0.2) is 0 Å². The van der Waals surface area contributed by atoms with Crippen LogP contribution in [0.25, 0.3) is 0 Å². The van der Waals surface area contributed by atoms with E-state index in [9.17, 15) is 33.0 Å². The lowest BCUT2D eigenvalue weighted by Gasteiger charge is -2.32. The number of halogens is 3. The monoisotopic (exact) mass is 408 g/mol. The fourth-order valence-corrected chi connectivity index (χ4v) is 3.21. The van der Waals surface area contributed by atoms with Gasteiger partial charge in [0, 0.05) is 36.3 Å². The second-order valence-electron chi connectivity index (χ2n) is 6.85. The summed E-state index contributed by atoms with van der Waals surface area (Å²) in [6.07, 6.45) is -3.51. The lowest BCUT2D eigenvalue weighted by Crippen LogP contribution is -2.46. The lowest BCUT2D eigenvalue weighted by molar-refractivity contribution is -0.137. The average Bonchev–Trinajstić information content (AvgIpc) is 2.66. The third-order valence-electron chi connectivity index (χ3n) is 4.74. The highest BCUT2D eigenvalue weighted by Crippen LogP contribution is 2.29. The smallest absolute Gasteiger partial charge is 0.416 e. The van der Waals surface area contributed by atoms with E-state index in [2.05, 4.69) is 5.32 Å². The normalized spacial score (nSPS) is 15.2. The first kappa shape index (κ1) is 20.5. The van der Waals surface area contributed by atoms with Crippen molar-refractivity contribution in [3.8, 4) is 11.5 Å². The number of amides is 2. The second kappa shape index (κ2) is 8.02. The Labute approximate surface area is 164 Å². The van der Waals surface area contributed by atoms with Crippen LogP contribution in [-0.2, 0) is 6.18 Å². The number of alkyl halides is 3. The van der Waals surface area contributed by atoms with Gasteiger partial charge in [-0.2, -0.15) is 13.2 Å². The molecule has 1 heterocycles. The van der Waals surface area contributed by atoms with Crippen molar-refractivity contribution < 1.29 is 33.0 Å². The van der Waals surface area contributed by atoms with Crippen molar-refractivity contribution in [1.29, 1.82) is 0 Å². The van der Waals surface area contributed by atoms with Crippen LogP contribution in [0.1, 0.15) is 39.1 Å². The third kappa shape index (κ3) is 4.98. The van der Waals surface area contributed by atoms with Gasteiger partial charge in [0.2, 0.25) is 0 Å². The van der Waals surface area contributed by atoms with Gasteiger partial charge in [0.25, 0.3) is 11.8 Å². The number of phenols is 2. The van der Waals surface area contributed by atoms with E-state index >= 15 is 0 Å². The van der Waals surface area contributed by atoms with Gasteiger partial charge in [0.1, 0.15) is 11.5 Å². The van der Waals surface area contributed by atoms with Crippen molar-refractivity contribution in [1.82, 2.24) is 10.2 Å². The summed E-state index contributed by atoms with van der Waals surface area (Å²) >= 11 is 0. The zero-order chi connectivity index (χ0) is 21.2. The Morgan fingerprint density at radius 1 is 0.931 bits per heavy atom. The first-order valence-electron chi connectivity index (χ1n) is 8.94. The summed E-state index contributed by atoms with van der Waals surface area (Å²) in [5.41, 5.74) is -0.527. The molecule has 2 aromatic carbocycles. The predicted octanol–water partition coefficient (Wildman–Crippen LogP) is 3.15. The first-order valence-corrected chi connectivity index (χ1v) is 8.94. The minimum Gasteiger partial charge on any atom is -0.508 e. The zero-order valence-corrected chi connectivity index (χ0v) is 15.2. The molecule has 2 amide bonds. The maximum atomic E-state index is 12.6. The number of piperidine rings is 1. The SMILES string of the molecule is O=C(NC1CCN(C(=O)c2cc(O)cc(O)c2)CC1)c1ccc(C(F)(F)F)cc1. The van der Waals surface area contributed by atoms with E-state index in [1.165, 1.54) is 12.1 Å². The maximum Gasteiger partial charge on any atom is 0.416 e. The number of aromatic hydroxyl groups is 2. The molecule has 29 heavy (non-hydrogen) atoms. The fourth-order valence-electron chi connectivity index (χ4n) is 3.21. The van der Waals surface area contributed by atoms with E-state index in [1.54, 1.807) is 4.90 Å². The fraction of sp³-hybridized carbons (Fsp3) is 0.300. The average molecular weight is 408 g/mol. The molecule has 3 rings (SSSR count). The maximum absolute atomic E-state index is 12.6. The van der Waals surface area contributed by atoms with Crippen LogP contribution in [0.2, 0.25) is 0 Å². The Balaban J connectivity index is 1.55. The molecule has 154 valence electrons. The Morgan fingerprint density at radius 3 is 2.00 bits per heavy atom. The summed E-state index contributed by atoms with van der Waals surface area (Å²) in [4.78, 5) is 26.3. The van der Waals surface area contributed by atoms with E-state index in [-0.39, 0.29) is 34.6 Å². The minimum atomic E-state index is -4.46. The molecule has 3 N–H and O–H groups in total. The van der Waals surface area contributed by atoms with Gasteiger partial charge in [-0.05, 0) is 49.2 Å². The molecule has 2 aromatic rings. The Morgan fingerprint density at radius 2 is 1.48 bits per heavy atom. The highest BCUT2D eigenvalue weighted by atomic mass is 19.4. The number of hydrogen-bond acceptors (Lipinski definition) is 4. The molecular weight excluding hydrogens is 389 g/mol. The first-order chi connectivity index (χ1) is 13.6. The van der Waals surface area contributed by atoms with Gasteiger partial charge in [-0.15, -0.1) is 0 Å². The molecule has 6 nitrogen and oxygen atoms in total. The van der Waals surface area contributed by atoms with E-state index in [4.69, 9.17) is 0 Å². The lowest BCUT2D eigenvalue weighted by atomic mass is 10.0. The molecule has 0 spiro atoms. The quantitative estimate of drug-likeness (QED) is 0.728. The predicted molar refractivity (Wildman–Crippen MR) is 97.6 cm³/mol. The summed E-state index contributed by atoms with van der Waals surface area (Å²) in [7, 11) is 0. The number of likely N-dealkylation sites (tertiary alicyclic amines) is 1. The number of rotatable bonds is 3. The van der Waals surface area contributed by atoms with E-state index in [0.29, 0.717) is 25.9 Å². The number of carbonyl (C=O) groups is 2. The van der Waals surface area contributed by atoms with E-state index < -0.39 is 17.6 Å². The van der Waals surface area contributed by atoms with Crippen molar-refractivity contribution in [2.45, 2.75) is 25.1 Å². The molecule has 1 saturated heterocycles. The van der Waals surface area contributed by atoms with Crippen molar-refractivity contribution in [3.05, 3.63) is 59.2 Å². The van der Waals surface area contributed by atoms with Gasteiger partial charge in [-0.25, -0.2) is 0 Å². The molecule has 0 saturated carbocycles. The van der Waals surface area contributed by atoms with Crippen molar-refractivity contribution >= 4 is 11.8 Å². The van der Waals surface area contributed by atoms with Crippen LogP contribution in [0.5, 0.6) is 11.5 Å². The van der Waals surface area contributed by atoms with Crippen LogP contribution in [0, 0.1) is 0 Å². The summed E-state index contributed by atoms with van der Waals surface area (Å²) in [5, 5.41) is 21.8. The molecule has 1 aliphatic rings. The van der Waals surface area contributed by atoms with Crippen LogP contribution < -0.4 is 5.32 Å². The number of benzene rings is 2. The van der Waals surface area contributed by atoms with Gasteiger partial charge in [-0.1, -0.05) is 0 Å². The molecule has 0 bridgehead atoms. The largest absolute Gasteiger partial charge is 0.508 e. The second-order valence-corrected chi connectivity index (χ2v) is 6.85. The minimum absolute atomic E-state index is 0.131. The summed E-state index contributed by atoms with van der Waals surface area (Å²) in [6, 6.07) is 7.42. The third-order valence-corrected chi connectivity index (χ3v) is 4.74. The molecule has 1 aliphatic heterocycles. The van der Waals surface area contributed by atoms with E-state index in [1.807, 2.05) is 0 Å². The number of nitrogens with zero attached hydrogens (tertiary/aromatic N) is 1. The molecule has 9 heteroatoms. The number of nitrogens with one attached hydrogen (secondary N) is 1. The van der Waals surface area contributed by atoms with E-state index in [0.717, 1.165) is 30.3 Å². The Hall–Kier alpha value is -3.23. The zero-order valence-electron chi connectivity index (χ0n) is 15.2.